The lowest BCUT2D eigenvalue weighted by atomic mass is 10.2. The van der Waals surface area contributed by atoms with Gasteiger partial charge in [-0.1, -0.05) is 17.7 Å². The molecule has 0 bridgehead atoms. The van der Waals surface area contributed by atoms with Crippen LogP contribution in [0.4, 0.5) is 17.1 Å². The number of aromatic nitrogens is 2. The lowest BCUT2D eigenvalue weighted by Crippen LogP contribution is -1.95. The number of phenols is 1. The zero-order chi connectivity index (χ0) is 18.8. The number of azo groups is 1. The van der Waals surface area contributed by atoms with Crippen molar-refractivity contribution in [2.24, 2.45) is 10.2 Å². The fourth-order valence-corrected chi connectivity index (χ4v) is 2.41. The molecule has 132 valence electrons. The molecule has 9 nitrogen and oxygen atoms in total. The summed E-state index contributed by atoms with van der Waals surface area (Å²) < 4.78 is 1.24. The van der Waals surface area contributed by atoms with Crippen LogP contribution in [0.1, 0.15) is 5.69 Å². The molecule has 0 unspecified atom stereocenters. The van der Waals surface area contributed by atoms with Gasteiger partial charge in [0, 0.05) is 17.2 Å². The number of halogens is 1. The standard InChI is InChI=1S/C16H12ClN5O4/c1-9-15(16(24)21(20-9)11-4-2-3-10(17)7-11)19-18-13-8-12(22(25)26)5-6-14(13)23/h2-8,23-24H,1H3. The Labute approximate surface area is 152 Å². The summed E-state index contributed by atoms with van der Waals surface area (Å²) in [7, 11) is 0. The van der Waals surface area contributed by atoms with Crippen molar-refractivity contribution in [3.05, 3.63) is 63.3 Å². The van der Waals surface area contributed by atoms with Gasteiger partial charge in [0.15, 0.2) is 5.69 Å². The van der Waals surface area contributed by atoms with Crippen molar-refractivity contribution >= 4 is 28.7 Å². The van der Waals surface area contributed by atoms with Crippen molar-refractivity contribution in [3.8, 4) is 17.3 Å². The van der Waals surface area contributed by atoms with E-state index in [9.17, 15) is 20.3 Å². The largest absolute Gasteiger partial charge is 0.506 e. The number of rotatable bonds is 4. The van der Waals surface area contributed by atoms with Crippen LogP contribution in [0.15, 0.2) is 52.7 Å². The number of non-ortho nitro benzene ring substituents is 1. The zero-order valence-corrected chi connectivity index (χ0v) is 14.1. The van der Waals surface area contributed by atoms with E-state index in [1.54, 1.807) is 31.2 Å². The highest BCUT2D eigenvalue weighted by atomic mass is 35.5. The highest BCUT2D eigenvalue weighted by Gasteiger charge is 2.16. The number of nitro benzene ring substituents is 1. The second-order valence-electron chi connectivity index (χ2n) is 5.28. The molecular weight excluding hydrogens is 362 g/mol. The molecule has 2 N–H and O–H groups in total. The number of phenolic OH excluding ortho intramolecular Hbond substituents is 1. The van der Waals surface area contributed by atoms with Gasteiger partial charge in [-0.05, 0) is 31.2 Å². The smallest absolute Gasteiger partial charge is 0.271 e. The first kappa shape index (κ1) is 17.4. The molecule has 1 aromatic heterocycles. The monoisotopic (exact) mass is 373 g/mol. The van der Waals surface area contributed by atoms with Crippen LogP contribution in [-0.4, -0.2) is 24.9 Å². The quantitative estimate of drug-likeness (QED) is 0.393. The average Bonchev–Trinajstić information content (AvgIpc) is 2.88. The van der Waals surface area contributed by atoms with Crippen LogP contribution in [-0.2, 0) is 0 Å². The van der Waals surface area contributed by atoms with Crippen LogP contribution in [0, 0.1) is 17.0 Å². The molecule has 0 saturated heterocycles. The first-order valence-electron chi connectivity index (χ1n) is 7.30. The van der Waals surface area contributed by atoms with Crippen LogP contribution >= 0.6 is 11.6 Å². The summed E-state index contributed by atoms with van der Waals surface area (Å²) in [6.07, 6.45) is 0. The van der Waals surface area contributed by atoms with E-state index in [0.29, 0.717) is 16.4 Å². The third kappa shape index (κ3) is 3.33. The second-order valence-corrected chi connectivity index (χ2v) is 5.72. The Bertz CT molecular complexity index is 1030. The first-order chi connectivity index (χ1) is 12.4. The molecule has 0 radical (unpaired) electrons. The maximum atomic E-state index is 10.8. The molecule has 0 aliphatic heterocycles. The summed E-state index contributed by atoms with van der Waals surface area (Å²) >= 11 is 5.95. The minimum Gasteiger partial charge on any atom is -0.506 e. The number of nitrogens with zero attached hydrogens (tertiary/aromatic N) is 5. The second kappa shape index (κ2) is 6.81. The van der Waals surface area contributed by atoms with Gasteiger partial charge in [0.2, 0.25) is 5.88 Å². The molecule has 3 aromatic rings. The minimum absolute atomic E-state index is 0.0656. The molecule has 0 aliphatic carbocycles. The Morgan fingerprint density at radius 2 is 1.96 bits per heavy atom. The van der Waals surface area contributed by atoms with Crippen molar-refractivity contribution in [2.45, 2.75) is 6.92 Å². The van der Waals surface area contributed by atoms with Gasteiger partial charge in [-0.3, -0.25) is 10.1 Å². The Morgan fingerprint density at radius 3 is 2.65 bits per heavy atom. The summed E-state index contributed by atoms with van der Waals surface area (Å²) in [6, 6.07) is 10.1. The van der Waals surface area contributed by atoms with Gasteiger partial charge < -0.3 is 10.2 Å². The van der Waals surface area contributed by atoms with E-state index < -0.39 is 4.92 Å². The number of benzene rings is 2. The third-order valence-corrected chi connectivity index (χ3v) is 3.72. The lowest BCUT2D eigenvalue weighted by molar-refractivity contribution is -0.384. The average molecular weight is 374 g/mol. The molecule has 0 fully saturated rings. The molecule has 0 saturated carbocycles. The maximum absolute atomic E-state index is 10.8. The van der Waals surface area contributed by atoms with Crippen molar-refractivity contribution in [1.82, 2.24) is 9.78 Å². The normalized spacial score (nSPS) is 11.2. The van der Waals surface area contributed by atoms with Gasteiger partial charge in [-0.2, -0.15) is 9.78 Å². The van der Waals surface area contributed by atoms with Crippen LogP contribution in [0.25, 0.3) is 5.69 Å². The van der Waals surface area contributed by atoms with E-state index >= 15 is 0 Å². The summed E-state index contributed by atoms with van der Waals surface area (Å²) in [6.45, 7) is 1.61. The number of aryl methyl sites for hydroxylation is 1. The fraction of sp³-hybridized carbons (Fsp3) is 0.0625. The fourth-order valence-electron chi connectivity index (χ4n) is 2.22. The molecule has 0 spiro atoms. The van der Waals surface area contributed by atoms with Crippen LogP contribution in [0.5, 0.6) is 11.6 Å². The van der Waals surface area contributed by atoms with Crippen LogP contribution in [0.3, 0.4) is 0 Å². The molecule has 26 heavy (non-hydrogen) atoms. The summed E-state index contributed by atoms with van der Waals surface area (Å²) in [5.41, 5.74) is 0.616. The predicted octanol–water partition coefficient (Wildman–Crippen LogP) is 4.57. The molecule has 2 aromatic carbocycles. The number of hydrogen-bond acceptors (Lipinski definition) is 7. The SMILES string of the molecule is Cc1nn(-c2cccc(Cl)c2)c(O)c1N=Nc1cc([N+](=O)[O-])ccc1O. The third-order valence-electron chi connectivity index (χ3n) is 3.49. The van der Waals surface area contributed by atoms with Crippen molar-refractivity contribution in [3.63, 3.8) is 0 Å². The summed E-state index contributed by atoms with van der Waals surface area (Å²) in [5, 5.41) is 43.3. The van der Waals surface area contributed by atoms with Gasteiger partial charge >= 0.3 is 0 Å². The summed E-state index contributed by atoms with van der Waals surface area (Å²) in [4.78, 5) is 10.2. The Hall–Kier alpha value is -3.46. The topological polar surface area (TPSA) is 126 Å². The molecule has 3 rings (SSSR count). The summed E-state index contributed by atoms with van der Waals surface area (Å²) in [5.74, 6) is -0.558. The molecule has 0 aliphatic rings. The molecular formula is C16H12ClN5O4. The predicted molar refractivity (Wildman–Crippen MR) is 93.9 cm³/mol. The van der Waals surface area contributed by atoms with Gasteiger partial charge in [0.05, 0.1) is 16.3 Å². The first-order valence-corrected chi connectivity index (χ1v) is 7.68. The van der Waals surface area contributed by atoms with Crippen molar-refractivity contribution < 1.29 is 15.1 Å². The minimum atomic E-state index is -0.613. The maximum Gasteiger partial charge on any atom is 0.271 e. The Balaban J connectivity index is 2.00. The number of nitro groups is 1. The van der Waals surface area contributed by atoms with E-state index in [2.05, 4.69) is 15.3 Å². The number of hydrogen-bond donors (Lipinski definition) is 2. The van der Waals surface area contributed by atoms with E-state index in [0.717, 1.165) is 18.2 Å². The van der Waals surface area contributed by atoms with Gasteiger partial charge in [-0.15, -0.1) is 10.2 Å². The zero-order valence-electron chi connectivity index (χ0n) is 13.4. The van der Waals surface area contributed by atoms with E-state index in [-0.39, 0.29) is 28.7 Å². The van der Waals surface area contributed by atoms with E-state index in [1.807, 2.05) is 0 Å². The Morgan fingerprint density at radius 1 is 1.19 bits per heavy atom. The lowest BCUT2D eigenvalue weighted by Gasteiger charge is -2.03. The van der Waals surface area contributed by atoms with Crippen LogP contribution < -0.4 is 0 Å². The highest BCUT2D eigenvalue weighted by Crippen LogP contribution is 2.36. The van der Waals surface area contributed by atoms with Gasteiger partial charge in [0.25, 0.3) is 5.69 Å². The van der Waals surface area contributed by atoms with Crippen LogP contribution in [0.2, 0.25) is 5.02 Å². The van der Waals surface area contributed by atoms with E-state index in [1.165, 1.54) is 4.68 Å². The molecule has 0 amide bonds. The van der Waals surface area contributed by atoms with Crippen molar-refractivity contribution in [1.29, 1.82) is 0 Å². The van der Waals surface area contributed by atoms with Crippen molar-refractivity contribution in [2.75, 3.05) is 0 Å². The van der Waals surface area contributed by atoms with E-state index in [4.69, 9.17) is 11.6 Å². The number of aromatic hydroxyl groups is 2. The molecule has 1 heterocycles. The molecule has 0 atom stereocenters. The van der Waals surface area contributed by atoms with Gasteiger partial charge in [0.1, 0.15) is 11.4 Å². The Kier molecular flexibility index (Phi) is 4.55. The highest BCUT2D eigenvalue weighted by molar-refractivity contribution is 6.30. The molecule has 10 heteroatoms. The van der Waals surface area contributed by atoms with Gasteiger partial charge in [-0.25, -0.2) is 0 Å².